The highest BCUT2D eigenvalue weighted by molar-refractivity contribution is 5.21. The Balaban J connectivity index is 1.85. The SMILES string of the molecule is c1coc(Cc2nccnc2Cc2ccco2)c1. The highest BCUT2D eigenvalue weighted by Gasteiger charge is 2.09. The summed E-state index contributed by atoms with van der Waals surface area (Å²) in [6, 6.07) is 7.62. The standard InChI is InChI=1S/C14H12N2O2/c1-3-11(17-7-1)9-13-14(16-6-5-15-13)10-12-4-2-8-18-12/h1-8H,9-10H2. The van der Waals surface area contributed by atoms with Crippen LogP contribution in [0.15, 0.2) is 58.0 Å². The van der Waals surface area contributed by atoms with Crippen molar-refractivity contribution in [2.24, 2.45) is 0 Å². The lowest BCUT2D eigenvalue weighted by Gasteiger charge is -2.04. The first-order valence-corrected chi connectivity index (χ1v) is 5.75. The number of rotatable bonds is 4. The molecule has 0 radical (unpaired) electrons. The van der Waals surface area contributed by atoms with Gasteiger partial charge in [0, 0.05) is 25.2 Å². The van der Waals surface area contributed by atoms with E-state index in [2.05, 4.69) is 9.97 Å². The van der Waals surface area contributed by atoms with Crippen molar-refractivity contribution in [1.82, 2.24) is 9.97 Å². The topological polar surface area (TPSA) is 52.1 Å². The second-order valence-corrected chi connectivity index (χ2v) is 3.96. The van der Waals surface area contributed by atoms with E-state index in [0.717, 1.165) is 22.9 Å². The summed E-state index contributed by atoms with van der Waals surface area (Å²) >= 11 is 0. The molecule has 90 valence electrons. The van der Waals surface area contributed by atoms with Gasteiger partial charge in [-0.1, -0.05) is 0 Å². The van der Waals surface area contributed by atoms with Crippen molar-refractivity contribution in [3.63, 3.8) is 0 Å². The zero-order valence-corrected chi connectivity index (χ0v) is 9.74. The van der Waals surface area contributed by atoms with Crippen molar-refractivity contribution < 1.29 is 8.83 Å². The second-order valence-electron chi connectivity index (χ2n) is 3.96. The van der Waals surface area contributed by atoms with Crippen LogP contribution in [0.4, 0.5) is 0 Å². The van der Waals surface area contributed by atoms with Crippen molar-refractivity contribution in [1.29, 1.82) is 0 Å². The van der Waals surface area contributed by atoms with E-state index in [1.807, 2.05) is 24.3 Å². The molecule has 0 unspecified atom stereocenters. The highest BCUT2D eigenvalue weighted by atomic mass is 16.3. The van der Waals surface area contributed by atoms with Gasteiger partial charge in [0.15, 0.2) is 0 Å². The predicted molar refractivity (Wildman–Crippen MR) is 65.1 cm³/mol. The zero-order valence-electron chi connectivity index (χ0n) is 9.74. The predicted octanol–water partition coefficient (Wildman–Crippen LogP) is 2.84. The molecule has 0 aliphatic rings. The molecule has 0 amide bonds. The van der Waals surface area contributed by atoms with Gasteiger partial charge in [0.2, 0.25) is 0 Å². The molecule has 0 saturated heterocycles. The van der Waals surface area contributed by atoms with Gasteiger partial charge in [-0.3, -0.25) is 9.97 Å². The van der Waals surface area contributed by atoms with E-state index in [-0.39, 0.29) is 0 Å². The maximum absolute atomic E-state index is 5.34. The fraction of sp³-hybridized carbons (Fsp3) is 0.143. The van der Waals surface area contributed by atoms with Crippen LogP contribution in [0.1, 0.15) is 22.9 Å². The summed E-state index contributed by atoms with van der Waals surface area (Å²) in [5.74, 6) is 1.77. The first-order valence-electron chi connectivity index (χ1n) is 5.75. The van der Waals surface area contributed by atoms with Crippen LogP contribution >= 0.6 is 0 Å². The second kappa shape index (κ2) is 4.87. The molecule has 18 heavy (non-hydrogen) atoms. The van der Waals surface area contributed by atoms with Crippen LogP contribution in [-0.2, 0) is 12.8 Å². The van der Waals surface area contributed by atoms with Crippen molar-refractivity contribution >= 4 is 0 Å². The molecule has 0 N–H and O–H groups in total. The van der Waals surface area contributed by atoms with Crippen LogP contribution in [-0.4, -0.2) is 9.97 Å². The zero-order chi connectivity index (χ0) is 12.2. The van der Waals surface area contributed by atoms with Gasteiger partial charge in [0.1, 0.15) is 11.5 Å². The Morgan fingerprint density at radius 1 is 0.778 bits per heavy atom. The minimum atomic E-state index is 0.650. The quantitative estimate of drug-likeness (QED) is 0.703. The molecule has 0 aliphatic heterocycles. The lowest BCUT2D eigenvalue weighted by Crippen LogP contribution is -2.01. The summed E-state index contributed by atoms with van der Waals surface area (Å²) < 4.78 is 10.7. The van der Waals surface area contributed by atoms with Crippen LogP contribution < -0.4 is 0 Å². The van der Waals surface area contributed by atoms with Gasteiger partial charge in [-0.05, 0) is 24.3 Å². The van der Waals surface area contributed by atoms with Crippen molar-refractivity contribution in [3.05, 3.63) is 72.1 Å². The number of nitrogens with zero attached hydrogens (tertiary/aromatic N) is 2. The molecule has 3 heterocycles. The van der Waals surface area contributed by atoms with E-state index in [0.29, 0.717) is 12.8 Å². The summed E-state index contributed by atoms with van der Waals surface area (Å²) in [6.07, 6.45) is 8.03. The van der Waals surface area contributed by atoms with E-state index in [1.165, 1.54) is 0 Å². The van der Waals surface area contributed by atoms with Crippen LogP contribution in [0.3, 0.4) is 0 Å². The van der Waals surface area contributed by atoms with E-state index in [1.54, 1.807) is 24.9 Å². The minimum Gasteiger partial charge on any atom is -0.469 e. The third-order valence-corrected chi connectivity index (χ3v) is 2.70. The average molecular weight is 240 g/mol. The Hall–Kier alpha value is -2.36. The Morgan fingerprint density at radius 3 is 1.67 bits per heavy atom. The minimum absolute atomic E-state index is 0.650. The monoisotopic (exact) mass is 240 g/mol. The Bertz CT molecular complexity index is 545. The normalized spacial score (nSPS) is 10.7. The Labute approximate surface area is 104 Å². The summed E-state index contributed by atoms with van der Waals surface area (Å²) in [5, 5.41) is 0. The lowest BCUT2D eigenvalue weighted by atomic mass is 10.1. The Kier molecular flexibility index (Phi) is 2.92. The smallest absolute Gasteiger partial charge is 0.109 e. The fourth-order valence-corrected chi connectivity index (χ4v) is 1.85. The van der Waals surface area contributed by atoms with Crippen molar-refractivity contribution in [3.8, 4) is 0 Å². The number of aromatic nitrogens is 2. The molecule has 0 atom stereocenters. The van der Waals surface area contributed by atoms with Crippen LogP contribution in [0.25, 0.3) is 0 Å². The molecule has 0 fully saturated rings. The van der Waals surface area contributed by atoms with Gasteiger partial charge in [-0.15, -0.1) is 0 Å². The van der Waals surface area contributed by atoms with Crippen LogP contribution in [0.5, 0.6) is 0 Å². The lowest BCUT2D eigenvalue weighted by molar-refractivity contribution is 0.511. The molecule has 0 spiro atoms. The van der Waals surface area contributed by atoms with Crippen molar-refractivity contribution in [2.45, 2.75) is 12.8 Å². The molecular weight excluding hydrogens is 228 g/mol. The van der Waals surface area contributed by atoms with Gasteiger partial charge in [-0.25, -0.2) is 0 Å². The fourth-order valence-electron chi connectivity index (χ4n) is 1.85. The van der Waals surface area contributed by atoms with E-state index in [4.69, 9.17) is 8.83 Å². The number of hydrogen-bond donors (Lipinski definition) is 0. The molecule has 0 bridgehead atoms. The third-order valence-electron chi connectivity index (χ3n) is 2.70. The molecule has 3 aromatic rings. The van der Waals surface area contributed by atoms with Gasteiger partial charge < -0.3 is 8.83 Å². The molecular formula is C14H12N2O2. The summed E-state index contributed by atoms with van der Waals surface area (Å²) in [6.45, 7) is 0. The van der Waals surface area contributed by atoms with Gasteiger partial charge in [-0.2, -0.15) is 0 Å². The van der Waals surface area contributed by atoms with E-state index >= 15 is 0 Å². The first-order chi connectivity index (χ1) is 8.92. The molecule has 3 aromatic heterocycles. The van der Waals surface area contributed by atoms with E-state index in [9.17, 15) is 0 Å². The first kappa shape index (κ1) is 10.8. The summed E-state index contributed by atoms with van der Waals surface area (Å²) in [7, 11) is 0. The largest absolute Gasteiger partial charge is 0.469 e. The summed E-state index contributed by atoms with van der Waals surface area (Å²) in [4.78, 5) is 8.74. The van der Waals surface area contributed by atoms with Gasteiger partial charge in [0.25, 0.3) is 0 Å². The Morgan fingerprint density at radius 2 is 1.28 bits per heavy atom. The van der Waals surface area contributed by atoms with Crippen molar-refractivity contribution in [2.75, 3.05) is 0 Å². The average Bonchev–Trinajstić information content (AvgIpc) is 3.05. The third kappa shape index (κ3) is 2.32. The highest BCUT2D eigenvalue weighted by Crippen LogP contribution is 2.14. The molecule has 0 saturated carbocycles. The maximum Gasteiger partial charge on any atom is 0.109 e. The molecule has 3 rings (SSSR count). The molecule has 0 aliphatic carbocycles. The van der Waals surface area contributed by atoms with Gasteiger partial charge >= 0.3 is 0 Å². The van der Waals surface area contributed by atoms with E-state index < -0.39 is 0 Å². The van der Waals surface area contributed by atoms with Crippen LogP contribution in [0.2, 0.25) is 0 Å². The number of hydrogen-bond acceptors (Lipinski definition) is 4. The van der Waals surface area contributed by atoms with Gasteiger partial charge in [0.05, 0.1) is 23.9 Å². The molecule has 4 heteroatoms. The maximum atomic E-state index is 5.34. The van der Waals surface area contributed by atoms with Crippen LogP contribution in [0, 0.1) is 0 Å². The molecule has 0 aromatic carbocycles. The summed E-state index contributed by atoms with van der Waals surface area (Å²) in [5.41, 5.74) is 1.84. The molecule has 4 nitrogen and oxygen atoms in total. The number of furan rings is 2.